The monoisotopic (exact) mass is 313 g/mol. The Bertz CT molecular complexity index is 768. The third-order valence-electron chi connectivity index (χ3n) is 4.09. The molecule has 23 heavy (non-hydrogen) atoms. The van der Waals surface area contributed by atoms with Crippen molar-refractivity contribution in [2.75, 3.05) is 4.90 Å². The van der Waals surface area contributed by atoms with Gasteiger partial charge in [-0.1, -0.05) is 27.7 Å². The molecule has 122 valence electrons. The van der Waals surface area contributed by atoms with Crippen LogP contribution in [-0.4, -0.2) is 19.9 Å². The summed E-state index contributed by atoms with van der Waals surface area (Å²) in [5.74, 6) is 2.98. The van der Waals surface area contributed by atoms with E-state index in [4.69, 9.17) is 4.98 Å². The van der Waals surface area contributed by atoms with E-state index in [1.54, 1.807) is 0 Å². The predicted octanol–water partition coefficient (Wildman–Crippen LogP) is 2.64. The fourth-order valence-corrected chi connectivity index (χ4v) is 2.74. The Morgan fingerprint density at radius 1 is 1.09 bits per heavy atom. The van der Waals surface area contributed by atoms with Crippen molar-refractivity contribution in [1.29, 1.82) is 0 Å². The quantitative estimate of drug-likeness (QED) is 0.943. The average Bonchev–Trinajstić information content (AvgIpc) is 2.90. The third-order valence-corrected chi connectivity index (χ3v) is 4.09. The standard InChI is InChI=1S/C17H23N5O/c1-9(2)13-6-15(21-16(20-13)10(3)4)22-7-12-14(8-22)18-11(5)19-17(12)23/h6,9-10H,7-8H2,1-5H3,(H,18,19,23). The van der Waals surface area contributed by atoms with Gasteiger partial charge in [-0.25, -0.2) is 15.0 Å². The molecule has 6 nitrogen and oxygen atoms in total. The lowest BCUT2D eigenvalue weighted by atomic mass is 10.1. The molecule has 3 heterocycles. The molecule has 0 aliphatic carbocycles. The average molecular weight is 313 g/mol. The van der Waals surface area contributed by atoms with E-state index < -0.39 is 0 Å². The summed E-state index contributed by atoms with van der Waals surface area (Å²) in [6, 6.07) is 2.03. The van der Waals surface area contributed by atoms with Gasteiger partial charge in [0.05, 0.1) is 24.3 Å². The van der Waals surface area contributed by atoms with E-state index in [1.807, 2.05) is 13.0 Å². The molecule has 0 radical (unpaired) electrons. The highest BCUT2D eigenvalue weighted by molar-refractivity contribution is 5.46. The number of rotatable bonds is 3. The lowest BCUT2D eigenvalue weighted by Crippen LogP contribution is -2.20. The fraction of sp³-hybridized carbons (Fsp3) is 0.529. The van der Waals surface area contributed by atoms with Gasteiger partial charge >= 0.3 is 0 Å². The summed E-state index contributed by atoms with van der Waals surface area (Å²) in [7, 11) is 0. The summed E-state index contributed by atoms with van der Waals surface area (Å²) < 4.78 is 0. The van der Waals surface area contributed by atoms with E-state index in [-0.39, 0.29) is 11.5 Å². The molecule has 0 saturated carbocycles. The maximum atomic E-state index is 12.1. The van der Waals surface area contributed by atoms with Crippen LogP contribution in [0.25, 0.3) is 0 Å². The van der Waals surface area contributed by atoms with Crippen molar-refractivity contribution < 1.29 is 0 Å². The Balaban J connectivity index is 2.00. The van der Waals surface area contributed by atoms with Crippen molar-refractivity contribution in [2.45, 2.75) is 59.5 Å². The molecule has 1 N–H and O–H groups in total. The molecule has 3 rings (SSSR count). The number of hydrogen-bond donors (Lipinski definition) is 1. The lowest BCUT2D eigenvalue weighted by Gasteiger charge is -2.19. The zero-order chi connectivity index (χ0) is 16.7. The van der Waals surface area contributed by atoms with Gasteiger partial charge in [-0.05, 0) is 12.8 Å². The SMILES string of the molecule is Cc1nc2c(c(=O)[nH]1)CN(c1cc(C(C)C)nc(C(C)C)n1)C2. The number of H-pyrrole nitrogens is 1. The number of anilines is 1. The second kappa shape index (κ2) is 5.76. The Hall–Kier alpha value is -2.24. The molecule has 2 aromatic rings. The van der Waals surface area contributed by atoms with Crippen LogP contribution in [0, 0.1) is 6.92 Å². The van der Waals surface area contributed by atoms with Crippen LogP contribution in [0.4, 0.5) is 5.82 Å². The molecule has 6 heteroatoms. The molecular formula is C17H23N5O. The van der Waals surface area contributed by atoms with Crippen molar-refractivity contribution in [2.24, 2.45) is 0 Å². The van der Waals surface area contributed by atoms with Crippen LogP contribution in [0.1, 0.15) is 68.1 Å². The van der Waals surface area contributed by atoms with Gasteiger partial charge in [0.25, 0.3) is 5.56 Å². The van der Waals surface area contributed by atoms with Crippen molar-refractivity contribution in [3.8, 4) is 0 Å². The van der Waals surface area contributed by atoms with E-state index in [0.717, 1.165) is 28.6 Å². The zero-order valence-corrected chi connectivity index (χ0v) is 14.3. The highest BCUT2D eigenvalue weighted by atomic mass is 16.1. The first-order chi connectivity index (χ1) is 10.8. The molecule has 0 bridgehead atoms. The zero-order valence-electron chi connectivity index (χ0n) is 14.3. The van der Waals surface area contributed by atoms with Crippen molar-refractivity contribution in [3.63, 3.8) is 0 Å². The van der Waals surface area contributed by atoms with E-state index in [2.05, 4.69) is 47.5 Å². The van der Waals surface area contributed by atoms with Gasteiger partial charge in [0.15, 0.2) is 0 Å². The van der Waals surface area contributed by atoms with E-state index in [0.29, 0.717) is 24.8 Å². The molecule has 2 aromatic heterocycles. The van der Waals surface area contributed by atoms with Gasteiger partial charge in [-0.2, -0.15) is 0 Å². The molecule has 0 fully saturated rings. The van der Waals surface area contributed by atoms with E-state index in [9.17, 15) is 4.79 Å². The molecule has 0 aromatic carbocycles. The van der Waals surface area contributed by atoms with E-state index in [1.165, 1.54) is 0 Å². The van der Waals surface area contributed by atoms with Crippen LogP contribution in [0.2, 0.25) is 0 Å². The first-order valence-electron chi connectivity index (χ1n) is 8.07. The Morgan fingerprint density at radius 2 is 1.83 bits per heavy atom. The van der Waals surface area contributed by atoms with Gasteiger partial charge in [0.2, 0.25) is 0 Å². The smallest absolute Gasteiger partial charge is 0.256 e. The van der Waals surface area contributed by atoms with Gasteiger partial charge in [-0.15, -0.1) is 0 Å². The predicted molar refractivity (Wildman–Crippen MR) is 89.7 cm³/mol. The number of aromatic nitrogens is 4. The topological polar surface area (TPSA) is 74.8 Å². The Labute approximate surface area is 136 Å². The van der Waals surface area contributed by atoms with E-state index >= 15 is 0 Å². The summed E-state index contributed by atoms with van der Waals surface area (Å²) in [5.41, 5.74) is 2.58. The summed E-state index contributed by atoms with van der Waals surface area (Å²) in [5, 5.41) is 0. The molecular weight excluding hydrogens is 290 g/mol. The largest absolute Gasteiger partial charge is 0.346 e. The minimum atomic E-state index is -0.0442. The fourth-order valence-electron chi connectivity index (χ4n) is 2.74. The van der Waals surface area contributed by atoms with Crippen LogP contribution in [0.3, 0.4) is 0 Å². The van der Waals surface area contributed by atoms with Crippen molar-refractivity contribution in [3.05, 3.63) is 45.0 Å². The van der Waals surface area contributed by atoms with Crippen LogP contribution in [-0.2, 0) is 13.1 Å². The first kappa shape index (κ1) is 15.6. The van der Waals surface area contributed by atoms with Crippen molar-refractivity contribution >= 4 is 5.82 Å². The minimum Gasteiger partial charge on any atom is -0.346 e. The second-order valence-electron chi connectivity index (χ2n) is 6.75. The minimum absolute atomic E-state index is 0.0442. The number of hydrogen-bond acceptors (Lipinski definition) is 5. The maximum absolute atomic E-state index is 12.1. The van der Waals surface area contributed by atoms with Gasteiger partial charge in [0.1, 0.15) is 17.5 Å². The number of nitrogens with one attached hydrogen (secondary N) is 1. The highest BCUT2D eigenvalue weighted by Gasteiger charge is 2.25. The van der Waals surface area contributed by atoms with Gasteiger partial charge in [0, 0.05) is 17.7 Å². The van der Waals surface area contributed by atoms with Gasteiger partial charge in [-0.3, -0.25) is 4.79 Å². The summed E-state index contributed by atoms with van der Waals surface area (Å²) >= 11 is 0. The number of aryl methyl sites for hydroxylation is 1. The summed E-state index contributed by atoms with van der Waals surface area (Å²) in [4.78, 5) is 30.8. The molecule has 0 unspecified atom stereocenters. The number of fused-ring (bicyclic) bond motifs is 1. The summed E-state index contributed by atoms with van der Waals surface area (Å²) in [6.07, 6.45) is 0. The van der Waals surface area contributed by atoms with Crippen LogP contribution < -0.4 is 10.5 Å². The lowest BCUT2D eigenvalue weighted by molar-refractivity contribution is 0.716. The normalized spacial score (nSPS) is 14.0. The van der Waals surface area contributed by atoms with Crippen LogP contribution in [0.5, 0.6) is 0 Å². The summed E-state index contributed by atoms with van der Waals surface area (Å²) in [6.45, 7) is 11.4. The third kappa shape index (κ3) is 2.98. The van der Waals surface area contributed by atoms with Gasteiger partial charge < -0.3 is 9.88 Å². The number of aromatic amines is 1. The molecule has 0 atom stereocenters. The molecule has 1 aliphatic rings. The Morgan fingerprint density at radius 3 is 2.48 bits per heavy atom. The number of nitrogens with zero attached hydrogens (tertiary/aromatic N) is 4. The van der Waals surface area contributed by atoms with Crippen LogP contribution >= 0.6 is 0 Å². The molecule has 0 spiro atoms. The highest BCUT2D eigenvalue weighted by Crippen LogP contribution is 2.27. The second-order valence-corrected chi connectivity index (χ2v) is 6.75. The molecule has 0 saturated heterocycles. The van der Waals surface area contributed by atoms with Crippen LogP contribution in [0.15, 0.2) is 10.9 Å². The maximum Gasteiger partial charge on any atom is 0.256 e. The molecule has 1 aliphatic heterocycles. The first-order valence-corrected chi connectivity index (χ1v) is 8.07. The molecule has 0 amide bonds. The Kier molecular flexibility index (Phi) is 3.92. The van der Waals surface area contributed by atoms with Crippen molar-refractivity contribution in [1.82, 2.24) is 19.9 Å².